The zero-order chi connectivity index (χ0) is 35.6. The van der Waals surface area contributed by atoms with Gasteiger partial charge in [0.2, 0.25) is 0 Å². The van der Waals surface area contributed by atoms with Crippen molar-refractivity contribution in [3.8, 4) is 22.3 Å². The molecule has 1 saturated carbocycles. The molecule has 3 aliphatic carbocycles. The molecule has 0 N–H and O–H groups in total. The van der Waals surface area contributed by atoms with E-state index < -0.39 is 17.4 Å². The van der Waals surface area contributed by atoms with E-state index in [-0.39, 0.29) is 30.2 Å². The quantitative estimate of drug-likeness (QED) is 0.163. The van der Waals surface area contributed by atoms with Gasteiger partial charge in [-0.25, -0.2) is 0 Å². The minimum Gasteiger partial charge on any atom is -0.147 e. The molecule has 1 fully saturated rings. The van der Waals surface area contributed by atoms with Crippen molar-refractivity contribution in [2.75, 3.05) is 0 Å². The van der Waals surface area contributed by atoms with Gasteiger partial charge in [-0.15, -0.1) is 24.8 Å². The van der Waals surface area contributed by atoms with E-state index in [1.165, 1.54) is 70.2 Å². The van der Waals surface area contributed by atoms with Crippen LogP contribution in [0.25, 0.3) is 34.4 Å². The van der Waals surface area contributed by atoms with Crippen LogP contribution in [0.5, 0.6) is 0 Å². The van der Waals surface area contributed by atoms with Crippen molar-refractivity contribution in [1.29, 1.82) is 0 Å². The van der Waals surface area contributed by atoms with Gasteiger partial charge in [0.25, 0.3) is 0 Å². The van der Waals surface area contributed by atoms with Gasteiger partial charge in [-0.05, 0) is 0 Å². The first-order valence-corrected chi connectivity index (χ1v) is 33.3. The molecule has 0 nitrogen and oxygen atoms in total. The molecule has 276 valence electrons. The number of hydrogen-bond acceptors (Lipinski definition) is 0. The van der Waals surface area contributed by atoms with Crippen molar-refractivity contribution < 1.29 is 17.4 Å². The summed E-state index contributed by atoms with van der Waals surface area (Å²) in [6, 6.07) is 33.5. The molecule has 52 heavy (non-hydrogen) atoms. The molecule has 0 aromatic heterocycles. The fourth-order valence-corrected chi connectivity index (χ4v) is 30.0. The van der Waals surface area contributed by atoms with Gasteiger partial charge in [-0.1, -0.05) is 0 Å². The first-order chi connectivity index (χ1) is 23.7. The van der Waals surface area contributed by atoms with Crippen molar-refractivity contribution in [2.24, 2.45) is 11.8 Å². The smallest absolute Gasteiger partial charge is 0.147 e. The second-order valence-corrected chi connectivity index (χ2v) is 49.2. The Morgan fingerprint density at radius 2 is 1.19 bits per heavy atom. The molecule has 3 aliphatic rings. The molecule has 0 radical (unpaired) electrons. The first kappa shape index (κ1) is 41.2. The van der Waals surface area contributed by atoms with Crippen LogP contribution in [0, 0.1) is 11.8 Å². The third kappa shape index (κ3) is 7.38. The topological polar surface area (TPSA) is 0 Å². The van der Waals surface area contributed by atoms with Gasteiger partial charge in [0.1, 0.15) is 0 Å². The van der Waals surface area contributed by atoms with E-state index in [1.54, 1.807) is 22.3 Å². The molecule has 0 amide bonds. The molecule has 0 spiro atoms. The van der Waals surface area contributed by atoms with Crippen LogP contribution in [-0.2, 0) is 22.8 Å². The second kappa shape index (κ2) is 15.3. The Labute approximate surface area is 330 Å². The summed E-state index contributed by atoms with van der Waals surface area (Å²) in [7, 11) is 0. The number of allylic oxidation sites excluding steroid dienone is 2. The number of benzene rings is 4. The second-order valence-electron chi connectivity index (χ2n) is 18.7. The van der Waals surface area contributed by atoms with Crippen molar-refractivity contribution >= 4 is 43.8 Å². The SMILES string of the molecule is CCC1=Cc2c(-c3ccc(C(C)C)cc3)cccc2[CH]1[Zr]([CH3])([CH3])(=[SiH2])[CH]1C(C2CCC(C)CC2)=Cc2c(-c3ccc(C(C)(C)C)cc3)cccc21.Cl.Cl. The van der Waals surface area contributed by atoms with E-state index in [0.717, 1.165) is 12.3 Å². The maximum atomic E-state index is 2.84. The van der Waals surface area contributed by atoms with E-state index in [4.69, 9.17) is 0 Å². The van der Waals surface area contributed by atoms with Crippen molar-refractivity contribution in [3.05, 3.63) is 129 Å². The summed E-state index contributed by atoms with van der Waals surface area (Å²) in [4.78, 5) is 0. The normalized spacial score (nSPS) is 21.4. The summed E-state index contributed by atoms with van der Waals surface area (Å²) < 4.78 is 6.78. The Kier molecular flexibility index (Phi) is 12.1. The largest absolute Gasteiger partial charge is 0.147 e. The third-order valence-corrected chi connectivity index (χ3v) is 30.4. The summed E-state index contributed by atoms with van der Waals surface area (Å²) in [6.07, 6.45) is 11.9. The van der Waals surface area contributed by atoms with Gasteiger partial charge in [-0.2, -0.15) is 0 Å². The molecule has 4 heteroatoms. The van der Waals surface area contributed by atoms with Crippen molar-refractivity contribution in [3.63, 3.8) is 0 Å². The van der Waals surface area contributed by atoms with Gasteiger partial charge in [-0.3, -0.25) is 0 Å². The van der Waals surface area contributed by atoms with Crippen LogP contribution >= 0.6 is 24.8 Å². The molecule has 0 saturated heterocycles. The molecule has 4 aromatic rings. The number of rotatable bonds is 7. The Balaban J connectivity index is 0.00000261. The number of hydrogen-bond donors (Lipinski definition) is 0. The molecule has 0 heterocycles. The fourth-order valence-electron chi connectivity index (χ4n) is 10.2. The minimum atomic E-state index is -3.76. The van der Waals surface area contributed by atoms with Crippen LogP contribution in [0.1, 0.15) is 127 Å². The Morgan fingerprint density at radius 1 is 0.692 bits per heavy atom. The van der Waals surface area contributed by atoms with Crippen LogP contribution < -0.4 is 0 Å². The van der Waals surface area contributed by atoms with Gasteiger partial charge in [0, 0.05) is 0 Å². The Morgan fingerprint density at radius 3 is 1.69 bits per heavy atom. The number of fused-ring (bicyclic) bond motifs is 2. The number of halogens is 2. The average Bonchev–Trinajstić information content (AvgIpc) is 3.69. The predicted molar refractivity (Wildman–Crippen MR) is 234 cm³/mol. The molecule has 7 rings (SSSR count). The summed E-state index contributed by atoms with van der Waals surface area (Å²) in [5.41, 5.74) is 18.2. The van der Waals surface area contributed by atoms with Crippen LogP contribution in [0.4, 0.5) is 0 Å². The molecule has 4 aromatic carbocycles. The van der Waals surface area contributed by atoms with Crippen molar-refractivity contribution in [2.45, 2.75) is 108 Å². The van der Waals surface area contributed by atoms with Gasteiger partial charge in [0.05, 0.1) is 0 Å². The molecular weight excluding hydrogens is 767 g/mol. The third-order valence-electron chi connectivity index (χ3n) is 13.0. The van der Waals surface area contributed by atoms with Crippen LogP contribution in [0.15, 0.2) is 96.1 Å². The summed E-state index contributed by atoms with van der Waals surface area (Å²) in [5, 5.41) is 0. The van der Waals surface area contributed by atoms with E-state index in [2.05, 4.69) is 162 Å². The first-order valence-electron chi connectivity index (χ1n) is 19.6. The molecule has 0 bridgehead atoms. The minimum absolute atomic E-state index is 0. The fraction of sp³-hybridized carbons (Fsp3) is 0.417. The van der Waals surface area contributed by atoms with E-state index in [0.29, 0.717) is 19.1 Å². The van der Waals surface area contributed by atoms with Crippen molar-refractivity contribution in [1.82, 2.24) is 0 Å². The zero-order valence-corrected chi connectivity index (χ0v) is 38.7. The molecular formula is C48H62Cl2SiZr. The summed E-state index contributed by atoms with van der Waals surface area (Å²) in [6.45, 7) is 18.9. The predicted octanol–water partition coefficient (Wildman–Crippen LogP) is 14.4. The van der Waals surface area contributed by atoms with E-state index >= 15 is 0 Å². The summed E-state index contributed by atoms with van der Waals surface area (Å²) >= 11 is -3.76. The maximum Gasteiger partial charge on any atom is -0.147 e. The Bertz CT molecular complexity index is 2040. The maximum absolute atomic E-state index is 3.76. The van der Waals surface area contributed by atoms with Gasteiger partial charge < -0.3 is 0 Å². The zero-order valence-electron chi connectivity index (χ0n) is 33.2. The average molecular weight is 829 g/mol. The molecule has 2 unspecified atom stereocenters. The monoisotopic (exact) mass is 826 g/mol. The van der Waals surface area contributed by atoms with Crippen LogP contribution in [0.3, 0.4) is 0 Å². The van der Waals surface area contributed by atoms with E-state index in [9.17, 15) is 0 Å². The summed E-state index contributed by atoms with van der Waals surface area (Å²) in [5.74, 6) is 2.09. The molecule has 0 aliphatic heterocycles. The Hall–Kier alpha value is -1.96. The van der Waals surface area contributed by atoms with Gasteiger partial charge in [0.15, 0.2) is 0 Å². The standard InChI is InChI=1S/C26H31.C20H21.2CH3.2ClH.H2Si.Zr/c1-18-8-10-19(11-9-18)22-16-21-6-5-7-24(25(21)17-22)20-12-14-23(15-13-20)26(2,3)4;1-4-15-12-18-6-5-7-19(20(18)13-15)17-10-8-16(9-11-17)14(2)3;;;;;;/h5-7,12-19H,8-11H2,1-4H3;5-14H,4H2,1-3H3;2*1H3;2*1H;1H2;. The van der Waals surface area contributed by atoms with Crippen LogP contribution in [-0.4, -0.2) is 6.88 Å². The van der Waals surface area contributed by atoms with E-state index in [1.807, 2.05) is 0 Å². The van der Waals surface area contributed by atoms with Gasteiger partial charge >= 0.3 is 308 Å². The molecule has 2 atom stereocenters. The van der Waals surface area contributed by atoms with Crippen LogP contribution in [0.2, 0.25) is 9.26 Å².